The van der Waals surface area contributed by atoms with Crippen LogP contribution < -0.4 is 11.3 Å². The lowest BCUT2D eigenvalue weighted by Crippen LogP contribution is -2.44. The van der Waals surface area contributed by atoms with Crippen LogP contribution in [0.1, 0.15) is 32.6 Å². The van der Waals surface area contributed by atoms with Crippen molar-refractivity contribution in [1.29, 1.82) is 0 Å². The minimum absolute atomic E-state index is 0.445. The van der Waals surface area contributed by atoms with E-state index in [1.165, 1.54) is 25.7 Å². The second kappa shape index (κ2) is 7.46. The van der Waals surface area contributed by atoms with E-state index < -0.39 is 0 Å². The number of aliphatic imine (C=N–C) groups is 1. The normalized spacial score (nSPS) is 17.8. The third-order valence-corrected chi connectivity index (χ3v) is 2.90. The van der Waals surface area contributed by atoms with Gasteiger partial charge in [0.15, 0.2) is 0 Å². The third-order valence-electron chi connectivity index (χ3n) is 2.90. The molecule has 1 fully saturated rings. The molecule has 0 radical (unpaired) electrons. The number of likely N-dealkylation sites (N-methyl/N-ethyl adjacent to an activating group) is 1. The summed E-state index contributed by atoms with van der Waals surface area (Å²) in [5.41, 5.74) is 2.68. The molecule has 0 spiro atoms. The number of nitrogens with one attached hydrogen (secondary N) is 1. The first-order valence-electron chi connectivity index (χ1n) is 6.11. The standard InChI is InChI=1S/C11H24N4O/c1-3-16-9-8-15(2)11(14-12)13-10-6-4-5-7-10/h10H,3-9,12H2,1-2H3,(H,13,14). The molecule has 94 valence electrons. The van der Waals surface area contributed by atoms with E-state index in [0.717, 1.165) is 19.1 Å². The van der Waals surface area contributed by atoms with Crippen molar-refractivity contribution in [3.63, 3.8) is 0 Å². The minimum Gasteiger partial charge on any atom is -0.380 e. The van der Waals surface area contributed by atoms with Crippen LogP contribution >= 0.6 is 0 Å². The number of nitrogens with two attached hydrogens (primary N) is 1. The van der Waals surface area contributed by atoms with Gasteiger partial charge in [-0.2, -0.15) is 0 Å². The molecule has 5 heteroatoms. The maximum Gasteiger partial charge on any atom is 0.208 e. The summed E-state index contributed by atoms with van der Waals surface area (Å²) in [6.07, 6.45) is 4.94. The number of hydrazine groups is 1. The van der Waals surface area contributed by atoms with E-state index in [0.29, 0.717) is 12.6 Å². The summed E-state index contributed by atoms with van der Waals surface area (Å²) in [5.74, 6) is 6.26. The Kier molecular flexibility index (Phi) is 6.18. The topological polar surface area (TPSA) is 62.9 Å². The highest BCUT2D eigenvalue weighted by Crippen LogP contribution is 2.20. The molecule has 0 aliphatic heterocycles. The molecule has 0 aromatic carbocycles. The number of ether oxygens (including phenoxy) is 1. The minimum atomic E-state index is 0.445. The second-order valence-electron chi connectivity index (χ2n) is 4.15. The molecule has 0 bridgehead atoms. The summed E-state index contributed by atoms with van der Waals surface area (Å²) >= 11 is 0. The molecule has 1 rings (SSSR count). The molecule has 5 nitrogen and oxygen atoms in total. The molecule has 0 heterocycles. The van der Waals surface area contributed by atoms with Gasteiger partial charge in [0.05, 0.1) is 12.6 Å². The zero-order chi connectivity index (χ0) is 11.8. The number of hydrogen-bond acceptors (Lipinski definition) is 3. The van der Waals surface area contributed by atoms with Crippen LogP contribution in [0.3, 0.4) is 0 Å². The highest BCUT2D eigenvalue weighted by molar-refractivity contribution is 5.79. The van der Waals surface area contributed by atoms with Crippen molar-refractivity contribution in [3.05, 3.63) is 0 Å². The summed E-state index contributed by atoms with van der Waals surface area (Å²) in [7, 11) is 1.98. The van der Waals surface area contributed by atoms with Crippen LogP contribution in [-0.2, 0) is 4.74 Å². The van der Waals surface area contributed by atoms with E-state index >= 15 is 0 Å². The van der Waals surface area contributed by atoms with Gasteiger partial charge in [0.25, 0.3) is 0 Å². The van der Waals surface area contributed by atoms with Crippen LogP contribution in [0.5, 0.6) is 0 Å². The van der Waals surface area contributed by atoms with Crippen molar-refractivity contribution in [3.8, 4) is 0 Å². The lowest BCUT2D eigenvalue weighted by atomic mass is 10.3. The Morgan fingerprint density at radius 1 is 1.50 bits per heavy atom. The van der Waals surface area contributed by atoms with Crippen molar-refractivity contribution < 1.29 is 4.74 Å². The predicted molar refractivity (Wildman–Crippen MR) is 66.1 cm³/mol. The van der Waals surface area contributed by atoms with Crippen molar-refractivity contribution in [2.24, 2.45) is 10.8 Å². The monoisotopic (exact) mass is 228 g/mol. The Morgan fingerprint density at radius 2 is 2.19 bits per heavy atom. The number of hydrogen-bond donors (Lipinski definition) is 2. The average molecular weight is 228 g/mol. The Balaban J connectivity index is 2.38. The van der Waals surface area contributed by atoms with Gasteiger partial charge in [-0.15, -0.1) is 0 Å². The quantitative estimate of drug-likeness (QED) is 0.239. The fourth-order valence-corrected chi connectivity index (χ4v) is 1.90. The number of rotatable bonds is 5. The van der Waals surface area contributed by atoms with Crippen molar-refractivity contribution in [2.45, 2.75) is 38.6 Å². The van der Waals surface area contributed by atoms with Gasteiger partial charge in [0.2, 0.25) is 5.96 Å². The smallest absolute Gasteiger partial charge is 0.208 e. The molecule has 1 aliphatic rings. The molecule has 0 amide bonds. The van der Waals surface area contributed by atoms with E-state index in [9.17, 15) is 0 Å². The van der Waals surface area contributed by atoms with E-state index in [2.05, 4.69) is 10.4 Å². The highest BCUT2D eigenvalue weighted by Gasteiger charge is 2.15. The molecule has 1 saturated carbocycles. The van der Waals surface area contributed by atoms with Crippen LogP contribution in [-0.4, -0.2) is 43.7 Å². The summed E-state index contributed by atoms with van der Waals surface area (Å²) in [6.45, 7) is 4.26. The average Bonchev–Trinajstić information content (AvgIpc) is 2.78. The van der Waals surface area contributed by atoms with Gasteiger partial charge in [0.1, 0.15) is 0 Å². The van der Waals surface area contributed by atoms with E-state index in [-0.39, 0.29) is 0 Å². The molecule has 0 saturated heterocycles. The first-order chi connectivity index (χ1) is 7.77. The van der Waals surface area contributed by atoms with Crippen LogP contribution in [0.4, 0.5) is 0 Å². The molecular formula is C11H24N4O. The van der Waals surface area contributed by atoms with Gasteiger partial charge in [-0.05, 0) is 19.8 Å². The molecule has 0 aromatic heterocycles. The fourth-order valence-electron chi connectivity index (χ4n) is 1.90. The van der Waals surface area contributed by atoms with Gasteiger partial charge in [-0.1, -0.05) is 12.8 Å². The van der Waals surface area contributed by atoms with Gasteiger partial charge in [-0.3, -0.25) is 5.43 Å². The van der Waals surface area contributed by atoms with Crippen LogP contribution in [0.2, 0.25) is 0 Å². The van der Waals surface area contributed by atoms with Gasteiger partial charge < -0.3 is 9.64 Å². The van der Waals surface area contributed by atoms with Gasteiger partial charge >= 0.3 is 0 Å². The SMILES string of the molecule is CCOCCN(C)C(=NC1CCCC1)NN. The Bertz CT molecular complexity index is 214. The zero-order valence-electron chi connectivity index (χ0n) is 10.4. The molecule has 0 unspecified atom stereocenters. The number of nitrogens with zero attached hydrogens (tertiary/aromatic N) is 2. The Hall–Kier alpha value is -0.810. The van der Waals surface area contributed by atoms with E-state index in [1.54, 1.807) is 0 Å². The lowest BCUT2D eigenvalue weighted by Gasteiger charge is -2.21. The van der Waals surface area contributed by atoms with E-state index in [1.807, 2.05) is 18.9 Å². The summed E-state index contributed by atoms with van der Waals surface area (Å²) in [5, 5.41) is 0. The first kappa shape index (κ1) is 13.3. The Labute approximate surface area is 98.0 Å². The largest absolute Gasteiger partial charge is 0.380 e. The predicted octanol–water partition coefficient (Wildman–Crippen LogP) is 0.717. The van der Waals surface area contributed by atoms with Crippen LogP contribution in [0.15, 0.2) is 4.99 Å². The number of guanidine groups is 1. The van der Waals surface area contributed by atoms with Crippen LogP contribution in [0, 0.1) is 0 Å². The van der Waals surface area contributed by atoms with Crippen LogP contribution in [0.25, 0.3) is 0 Å². The summed E-state index contributed by atoms with van der Waals surface area (Å²) in [4.78, 5) is 6.63. The molecule has 3 N–H and O–H groups in total. The third kappa shape index (κ3) is 4.37. The van der Waals surface area contributed by atoms with E-state index in [4.69, 9.17) is 10.6 Å². The van der Waals surface area contributed by atoms with Gasteiger partial charge in [-0.25, -0.2) is 10.8 Å². The summed E-state index contributed by atoms with van der Waals surface area (Å²) < 4.78 is 5.30. The Morgan fingerprint density at radius 3 is 2.75 bits per heavy atom. The lowest BCUT2D eigenvalue weighted by molar-refractivity contribution is 0.136. The van der Waals surface area contributed by atoms with Crippen molar-refractivity contribution in [1.82, 2.24) is 10.3 Å². The molecule has 0 aromatic rings. The maximum atomic E-state index is 5.49. The molecule has 0 atom stereocenters. The van der Waals surface area contributed by atoms with Crippen molar-refractivity contribution in [2.75, 3.05) is 26.8 Å². The van der Waals surface area contributed by atoms with Gasteiger partial charge in [0, 0.05) is 20.2 Å². The zero-order valence-corrected chi connectivity index (χ0v) is 10.4. The fraction of sp³-hybridized carbons (Fsp3) is 0.909. The summed E-state index contributed by atoms with van der Waals surface area (Å²) in [6, 6.07) is 0.445. The first-order valence-corrected chi connectivity index (χ1v) is 6.11. The molecular weight excluding hydrogens is 204 g/mol. The molecule has 16 heavy (non-hydrogen) atoms. The second-order valence-corrected chi connectivity index (χ2v) is 4.15. The highest BCUT2D eigenvalue weighted by atomic mass is 16.5. The molecule has 1 aliphatic carbocycles. The maximum absolute atomic E-state index is 5.49. The van der Waals surface area contributed by atoms with Crippen molar-refractivity contribution >= 4 is 5.96 Å².